The van der Waals surface area contributed by atoms with E-state index >= 15 is 0 Å². The Labute approximate surface area is 432 Å². The van der Waals surface area contributed by atoms with E-state index in [1.54, 1.807) is 0 Å². The van der Waals surface area contributed by atoms with Crippen LogP contribution in [-0.4, -0.2) is 13.4 Å². The zero-order chi connectivity index (χ0) is 49.9. The number of anilines is 12. The highest BCUT2D eigenvalue weighted by Crippen LogP contribution is 2.51. The van der Waals surface area contributed by atoms with E-state index in [1.807, 2.05) is 0 Å². The van der Waals surface area contributed by atoms with Crippen molar-refractivity contribution in [2.75, 3.05) is 19.6 Å². The molecule has 0 amide bonds. The van der Waals surface area contributed by atoms with Crippen molar-refractivity contribution in [1.82, 2.24) is 0 Å². The fraction of sp³-hybridized carbons (Fsp3) is 0.121. The van der Waals surface area contributed by atoms with Gasteiger partial charge in [0.05, 0.1) is 22.7 Å². The summed E-state index contributed by atoms with van der Waals surface area (Å²) in [6.07, 6.45) is 0. The maximum absolute atomic E-state index is 7.36. The highest BCUT2D eigenvalue weighted by Gasteiger charge is 2.51. The van der Waals surface area contributed by atoms with E-state index in [2.05, 4.69) is 256 Å². The Morgan fingerprint density at radius 3 is 1.18 bits per heavy atom. The Morgan fingerprint density at radius 1 is 0.351 bits per heavy atom. The van der Waals surface area contributed by atoms with Gasteiger partial charge in [0.1, 0.15) is 11.2 Å². The molecule has 0 fully saturated rings. The molecular weight excluding hydrogens is 902 g/mol. The molecule has 0 saturated heterocycles. The van der Waals surface area contributed by atoms with Crippen LogP contribution in [0.2, 0.25) is 0 Å². The Morgan fingerprint density at radius 2 is 0.730 bits per heavy atom. The molecule has 9 aromatic carbocycles. The monoisotopic (exact) mass is 954 g/mol. The average molecular weight is 955 g/mol. The third-order valence-corrected chi connectivity index (χ3v) is 16.1. The lowest BCUT2D eigenvalue weighted by molar-refractivity contribution is 0.590. The van der Waals surface area contributed by atoms with Crippen LogP contribution in [0.4, 0.5) is 68.2 Å². The van der Waals surface area contributed by atoms with Crippen molar-refractivity contribution in [3.63, 3.8) is 0 Å². The molecule has 74 heavy (non-hydrogen) atoms. The highest BCUT2D eigenvalue weighted by atomic mass is 16.3. The van der Waals surface area contributed by atoms with Crippen molar-refractivity contribution in [2.24, 2.45) is 0 Å². The summed E-state index contributed by atoms with van der Waals surface area (Å²) in [5.41, 5.74) is 28.0. The van der Waals surface area contributed by atoms with Crippen LogP contribution >= 0.6 is 0 Å². The van der Waals surface area contributed by atoms with Crippen molar-refractivity contribution in [1.29, 1.82) is 0 Å². The SMILES string of the molecule is Cc1ccc(N2c3cc(C)cc4c3B(c3cc5c(cc3N4c3ccccc3)N(c3ccc(C(C)(C)C)cc3)c3cc(C)cc4c3B5c3oc5ccccc5c3N4c3ccc(C)cc3)c3oc4ccccc4c32)cc1. The molecule has 354 valence electrons. The summed E-state index contributed by atoms with van der Waals surface area (Å²) in [6, 6.07) is 69.9. The van der Waals surface area contributed by atoms with Crippen molar-refractivity contribution in [3.05, 3.63) is 216 Å². The molecule has 0 radical (unpaired) electrons. The summed E-state index contributed by atoms with van der Waals surface area (Å²) >= 11 is 0. The van der Waals surface area contributed by atoms with Crippen LogP contribution < -0.4 is 52.8 Å². The van der Waals surface area contributed by atoms with E-state index < -0.39 is 0 Å². The third kappa shape index (κ3) is 6.08. The number of rotatable bonds is 4. The number of furan rings is 2. The number of fused-ring (bicyclic) bond motifs is 12. The van der Waals surface area contributed by atoms with Gasteiger partial charge in [0.15, 0.2) is 0 Å². The molecule has 0 N–H and O–H groups in total. The smallest absolute Gasteiger partial charge is 0.297 e. The maximum Gasteiger partial charge on any atom is 0.297 e. The molecular formula is C66H52B2N4O2. The molecule has 8 heteroatoms. The van der Waals surface area contributed by atoms with Gasteiger partial charge in [0.2, 0.25) is 0 Å². The van der Waals surface area contributed by atoms with E-state index in [4.69, 9.17) is 8.83 Å². The molecule has 0 spiro atoms. The first-order chi connectivity index (χ1) is 36.0. The molecule has 6 heterocycles. The standard InChI is InChI=1S/C66H52B2N4O2/c1-39-21-27-46(28-22-39)71-56-35-41(3)33-54-60(56)67(64-62(71)48-17-11-13-19-58(48)73-64)50-37-51-53(38-52(50)69(54)44-15-9-8-10-16-44)70(45-31-25-43(26-32-45)66(5,6)7)55-34-42(4)36-57-61(55)68(51)65-63(49-18-12-14-20-59(49)74-65)72(57)47-29-23-40(2)24-30-47/h8-38H,1-7H3. The maximum atomic E-state index is 7.36. The second kappa shape index (κ2) is 15.5. The quantitative estimate of drug-likeness (QED) is 0.164. The zero-order valence-electron chi connectivity index (χ0n) is 42.7. The van der Waals surface area contributed by atoms with Crippen molar-refractivity contribution >= 4 is 137 Å². The third-order valence-electron chi connectivity index (χ3n) is 16.1. The van der Waals surface area contributed by atoms with Crippen molar-refractivity contribution in [2.45, 2.75) is 53.9 Å². The predicted octanol–water partition coefficient (Wildman–Crippen LogP) is 13.9. The molecule has 4 aliphatic heterocycles. The molecule has 6 nitrogen and oxygen atoms in total. The Kier molecular flexibility index (Phi) is 8.98. The largest absolute Gasteiger partial charge is 0.468 e. The lowest BCUT2D eigenvalue weighted by Crippen LogP contribution is -2.65. The van der Waals surface area contributed by atoms with Crippen LogP contribution in [0.15, 0.2) is 197 Å². The van der Waals surface area contributed by atoms with Gasteiger partial charge in [0, 0.05) is 67.6 Å². The first-order valence-corrected chi connectivity index (χ1v) is 26.0. The lowest BCUT2D eigenvalue weighted by Gasteiger charge is -2.46. The van der Waals surface area contributed by atoms with E-state index in [0.717, 1.165) is 102 Å². The second-order valence-electron chi connectivity index (χ2n) is 22.0. The minimum absolute atomic E-state index is 0.0116. The van der Waals surface area contributed by atoms with Crippen LogP contribution in [0.1, 0.15) is 48.6 Å². The summed E-state index contributed by atoms with van der Waals surface area (Å²) in [4.78, 5) is 9.99. The number of nitrogens with zero attached hydrogens (tertiary/aromatic N) is 4. The Hall–Kier alpha value is -8.61. The van der Waals surface area contributed by atoms with E-state index in [-0.39, 0.29) is 18.8 Å². The van der Waals surface area contributed by atoms with Gasteiger partial charge in [-0.3, -0.25) is 0 Å². The van der Waals surface area contributed by atoms with Gasteiger partial charge >= 0.3 is 0 Å². The summed E-state index contributed by atoms with van der Waals surface area (Å²) in [5, 5.41) is 2.19. The van der Waals surface area contributed by atoms with Gasteiger partial charge in [-0.05, 0) is 175 Å². The van der Waals surface area contributed by atoms with E-state index in [1.165, 1.54) is 49.7 Å². The molecule has 4 aliphatic rings. The summed E-state index contributed by atoms with van der Waals surface area (Å²) < 4.78 is 14.7. The number of para-hydroxylation sites is 3. The van der Waals surface area contributed by atoms with Crippen LogP contribution in [0.3, 0.4) is 0 Å². The predicted molar refractivity (Wildman–Crippen MR) is 312 cm³/mol. The van der Waals surface area contributed by atoms with Crippen LogP contribution in [0.25, 0.3) is 21.9 Å². The number of hydrogen-bond donors (Lipinski definition) is 0. The zero-order valence-corrected chi connectivity index (χ0v) is 42.7. The van der Waals surface area contributed by atoms with Gasteiger partial charge in [-0.1, -0.05) is 117 Å². The first-order valence-electron chi connectivity index (χ1n) is 26.0. The van der Waals surface area contributed by atoms with Crippen LogP contribution in [-0.2, 0) is 5.41 Å². The van der Waals surface area contributed by atoms with Gasteiger partial charge in [-0.25, -0.2) is 0 Å². The number of benzene rings is 9. The summed E-state index contributed by atoms with van der Waals surface area (Å²) in [6.45, 7) is 15.2. The van der Waals surface area contributed by atoms with E-state index in [9.17, 15) is 0 Å². The summed E-state index contributed by atoms with van der Waals surface area (Å²) in [7, 11) is 0. The number of aryl methyl sites for hydroxylation is 4. The van der Waals surface area contributed by atoms with Gasteiger partial charge in [-0.15, -0.1) is 0 Å². The van der Waals surface area contributed by atoms with Gasteiger partial charge < -0.3 is 28.4 Å². The highest BCUT2D eigenvalue weighted by molar-refractivity contribution is 7.02. The minimum atomic E-state index is -0.248. The van der Waals surface area contributed by atoms with Crippen LogP contribution in [0, 0.1) is 27.7 Å². The molecule has 11 aromatic rings. The minimum Gasteiger partial charge on any atom is -0.468 e. The topological polar surface area (TPSA) is 39.2 Å². The Balaban J connectivity index is 1.08. The molecule has 0 aliphatic carbocycles. The van der Waals surface area contributed by atoms with Crippen molar-refractivity contribution in [3.8, 4) is 0 Å². The number of hydrogen-bond acceptors (Lipinski definition) is 6. The van der Waals surface area contributed by atoms with E-state index in [0.29, 0.717) is 0 Å². The Bertz CT molecular complexity index is 4130. The molecule has 0 bridgehead atoms. The lowest BCUT2D eigenvalue weighted by atomic mass is 9.32. The molecule has 0 saturated carbocycles. The first kappa shape index (κ1) is 43.0. The average Bonchev–Trinajstić information content (AvgIpc) is 4.01. The fourth-order valence-electron chi connectivity index (χ4n) is 12.8. The van der Waals surface area contributed by atoms with Crippen molar-refractivity contribution < 1.29 is 8.83 Å². The summed E-state index contributed by atoms with van der Waals surface area (Å²) in [5.74, 6) is 0. The normalized spacial score (nSPS) is 14.0. The molecule has 0 unspecified atom stereocenters. The van der Waals surface area contributed by atoms with Gasteiger partial charge in [0.25, 0.3) is 13.4 Å². The fourth-order valence-corrected chi connectivity index (χ4v) is 12.8. The molecule has 0 atom stereocenters. The molecule has 15 rings (SSSR count). The van der Waals surface area contributed by atoms with Gasteiger partial charge in [-0.2, -0.15) is 0 Å². The molecule has 2 aromatic heterocycles. The van der Waals surface area contributed by atoms with Crippen LogP contribution in [0.5, 0.6) is 0 Å². The second-order valence-corrected chi connectivity index (χ2v) is 22.0.